The number of carbonyl (C=O) groups excluding carboxylic acids is 2. The largest absolute Gasteiger partial charge is 0.469 e. The molecule has 0 amide bonds. The lowest BCUT2D eigenvalue weighted by Gasteiger charge is -2.06. The summed E-state index contributed by atoms with van der Waals surface area (Å²) in [4.78, 5) is 22.8. The molecular weight excluding hydrogens is 312 g/mol. The average Bonchev–Trinajstić information content (AvgIpc) is 3.16. The Balaban J connectivity index is 1.73. The van der Waals surface area contributed by atoms with Crippen molar-refractivity contribution in [1.82, 2.24) is 0 Å². The van der Waals surface area contributed by atoms with Gasteiger partial charge in [0, 0.05) is 18.8 Å². The summed E-state index contributed by atoms with van der Waals surface area (Å²) >= 11 is 0. The van der Waals surface area contributed by atoms with Crippen molar-refractivity contribution in [2.75, 3.05) is 7.11 Å². The summed E-state index contributed by atoms with van der Waals surface area (Å²) in [7, 11) is 1.45. The van der Waals surface area contributed by atoms with Crippen LogP contribution in [0.2, 0.25) is 0 Å². The number of ketones is 1. The summed E-state index contributed by atoms with van der Waals surface area (Å²) < 4.78 is 4.63. The van der Waals surface area contributed by atoms with Crippen LogP contribution in [0.15, 0.2) is 0 Å². The first-order valence-corrected chi connectivity index (χ1v) is 10.1. The van der Waals surface area contributed by atoms with E-state index in [1.165, 1.54) is 64.9 Å². The highest BCUT2D eigenvalue weighted by molar-refractivity contribution is 5.97. The van der Waals surface area contributed by atoms with E-state index in [0.717, 1.165) is 25.2 Å². The maximum Gasteiger partial charge on any atom is 0.305 e. The lowest BCUT2D eigenvalue weighted by Crippen LogP contribution is -2.08. The molecule has 5 radical (unpaired) electrons. The highest BCUT2D eigenvalue weighted by Gasteiger charge is 2.23. The third kappa shape index (κ3) is 12.2. The molecule has 0 aromatic carbocycles. The van der Waals surface area contributed by atoms with Gasteiger partial charge in [-0.05, 0) is 38.5 Å². The predicted octanol–water partition coefficient (Wildman–Crippen LogP) is 5.60. The van der Waals surface area contributed by atoms with Crippen molar-refractivity contribution in [1.29, 1.82) is 0 Å². The van der Waals surface area contributed by atoms with Gasteiger partial charge in [0.25, 0.3) is 0 Å². The van der Waals surface area contributed by atoms with E-state index in [-0.39, 0.29) is 11.8 Å². The van der Waals surface area contributed by atoms with Crippen LogP contribution < -0.4 is 0 Å². The van der Waals surface area contributed by atoms with Crippen molar-refractivity contribution in [2.24, 2.45) is 0 Å². The van der Waals surface area contributed by atoms with Gasteiger partial charge in [0.1, 0.15) is 5.78 Å². The van der Waals surface area contributed by atoms with Crippen molar-refractivity contribution in [2.45, 2.75) is 89.9 Å². The minimum atomic E-state index is -0.0877. The minimum absolute atomic E-state index is 0.0877. The molecular formula is C22H35O3. The standard InChI is InChI=1S/C22H35O3/c1-25-22(24)19-13-11-9-7-5-3-2-4-6-8-10-12-18-21(23)20-16-14-15-17-20/h14-17H,2-13,18-19H2,1H3. The van der Waals surface area contributed by atoms with Gasteiger partial charge in [-0.2, -0.15) is 0 Å². The summed E-state index contributed by atoms with van der Waals surface area (Å²) in [5.74, 6) is 1.07. The Morgan fingerprint density at radius 1 is 0.680 bits per heavy atom. The number of rotatable bonds is 16. The summed E-state index contributed by atoms with van der Waals surface area (Å²) in [6.45, 7) is 0. The first-order chi connectivity index (χ1) is 12.2. The van der Waals surface area contributed by atoms with Gasteiger partial charge < -0.3 is 4.74 Å². The van der Waals surface area contributed by atoms with Crippen LogP contribution in [-0.4, -0.2) is 18.9 Å². The zero-order valence-electron chi connectivity index (χ0n) is 15.9. The van der Waals surface area contributed by atoms with E-state index in [0.29, 0.717) is 12.8 Å². The Morgan fingerprint density at radius 2 is 1.08 bits per heavy atom. The van der Waals surface area contributed by atoms with Crippen LogP contribution in [-0.2, 0) is 14.3 Å². The predicted molar refractivity (Wildman–Crippen MR) is 102 cm³/mol. The van der Waals surface area contributed by atoms with Crippen molar-refractivity contribution in [3.8, 4) is 0 Å². The van der Waals surface area contributed by atoms with Crippen molar-refractivity contribution >= 4 is 11.8 Å². The molecule has 3 nitrogen and oxygen atoms in total. The highest BCUT2D eigenvalue weighted by atomic mass is 16.5. The second-order valence-corrected chi connectivity index (χ2v) is 6.92. The molecule has 0 heterocycles. The molecule has 1 rings (SSSR count). The SMILES string of the molecule is COC(=O)CCCCCCCCCCCCCCC(=O)[C]1[CH][CH][CH][CH]1. The van der Waals surface area contributed by atoms with Gasteiger partial charge in [-0.3, -0.25) is 9.59 Å². The molecule has 1 aliphatic rings. The Bertz CT molecular complexity index is 345. The molecule has 0 bridgehead atoms. The number of Topliss-reactive ketones (excluding diaryl/α,β-unsaturated/α-hetero) is 1. The fraction of sp³-hybridized carbons (Fsp3) is 0.682. The van der Waals surface area contributed by atoms with E-state index in [1.54, 1.807) is 0 Å². The molecule has 0 aromatic rings. The summed E-state index contributed by atoms with van der Waals surface area (Å²) in [5, 5.41) is 0. The third-order valence-corrected chi connectivity index (χ3v) is 4.75. The number of esters is 1. The van der Waals surface area contributed by atoms with E-state index < -0.39 is 0 Å². The molecule has 1 saturated carbocycles. The highest BCUT2D eigenvalue weighted by Crippen LogP contribution is 2.25. The third-order valence-electron chi connectivity index (χ3n) is 4.75. The van der Waals surface area contributed by atoms with Gasteiger partial charge in [-0.1, -0.05) is 64.2 Å². The van der Waals surface area contributed by atoms with E-state index in [2.05, 4.69) is 4.74 Å². The summed E-state index contributed by atoms with van der Waals surface area (Å²) in [6, 6.07) is 0. The van der Waals surface area contributed by atoms with Crippen LogP contribution in [0.4, 0.5) is 0 Å². The average molecular weight is 348 g/mol. The monoisotopic (exact) mass is 347 g/mol. The first kappa shape index (κ1) is 22.2. The van der Waals surface area contributed by atoms with Gasteiger partial charge >= 0.3 is 5.97 Å². The van der Waals surface area contributed by atoms with E-state index >= 15 is 0 Å². The second kappa shape index (κ2) is 15.4. The van der Waals surface area contributed by atoms with Crippen LogP contribution in [0.1, 0.15) is 89.9 Å². The van der Waals surface area contributed by atoms with Crippen molar-refractivity contribution in [3.63, 3.8) is 0 Å². The molecule has 0 spiro atoms. The first-order valence-electron chi connectivity index (χ1n) is 10.1. The van der Waals surface area contributed by atoms with Crippen LogP contribution in [0.5, 0.6) is 0 Å². The zero-order chi connectivity index (χ0) is 18.2. The van der Waals surface area contributed by atoms with Crippen LogP contribution in [0.3, 0.4) is 0 Å². The number of ether oxygens (including phenoxy) is 1. The van der Waals surface area contributed by atoms with Gasteiger partial charge in [0.15, 0.2) is 0 Å². The second-order valence-electron chi connectivity index (χ2n) is 6.92. The molecule has 0 aromatic heterocycles. The molecule has 141 valence electrons. The smallest absolute Gasteiger partial charge is 0.305 e. The number of hydrogen-bond donors (Lipinski definition) is 0. The van der Waals surface area contributed by atoms with Crippen LogP contribution in [0.25, 0.3) is 0 Å². The van der Waals surface area contributed by atoms with Gasteiger partial charge in [-0.15, -0.1) is 0 Å². The fourth-order valence-electron chi connectivity index (χ4n) is 3.13. The van der Waals surface area contributed by atoms with E-state index in [1.807, 2.05) is 25.7 Å². The molecule has 25 heavy (non-hydrogen) atoms. The Kier molecular flexibility index (Phi) is 13.7. The molecule has 0 saturated heterocycles. The van der Waals surface area contributed by atoms with Crippen LogP contribution >= 0.6 is 0 Å². The van der Waals surface area contributed by atoms with E-state index in [4.69, 9.17) is 0 Å². The lowest BCUT2D eigenvalue weighted by molar-refractivity contribution is -0.140. The number of methoxy groups -OCH3 is 1. The molecule has 0 aliphatic heterocycles. The summed E-state index contributed by atoms with van der Waals surface area (Å²) in [5.41, 5.74) is 0. The van der Waals surface area contributed by atoms with Gasteiger partial charge in [-0.25, -0.2) is 0 Å². The quantitative estimate of drug-likeness (QED) is 0.270. The zero-order valence-corrected chi connectivity index (χ0v) is 15.9. The normalized spacial score (nSPS) is 14.8. The molecule has 0 unspecified atom stereocenters. The van der Waals surface area contributed by atoms with Crippen molar-refractivity contribution < 1.29 is 14.3 Å². The molecule has 1 aliphatic carbocycles. The lowest BCUT2D eigenvalue weighted by atomic mass is 9.97. The van der Waals surface area contributed by atoms with E-state index in [9.17, 15) is 9.59 Å². The number of unbranched alkanes of at least 4 members (excludes halogenated alkanes) is 11. The van der Waals surface area contributed by atoms with Gasteiger partial charge in [0.2, 0.25) is 0 Å². The fourth-order valence-corrected chi connectivity index (χ4v) is 3.13. The number of carbonyl (C=O) groups is 2. The topological polar surface area (TPSA) is 43.4 Å². The molecule has 3 heteroatoms. The Labute approximate surface area is 155 Å². The Morgan fingerprint density at radius 3 is 1.52 bits per heavy atom. The van der Waals surface area contributed by atoms with Crippen LogP contribution in [0, 0.1) is 31.6 Å². The summed E-state index contributed by atoms with van der Waals surface area (Å²) in [6.07, 6.45) is 23.6. The molecule has 0 atom stereocenters. The maximum absolute atomic E-state index is 11.8. The molecule has 0 N–H and O–H groups in total. The minimum Gasteiger partial charge on any atom is -0.469 e. The Hall–Kier alpha value is -0.860. The maximum atomic E-state index is 11.8. The number of hydrogen-bond acceptors (Lipinski definition) is 3. The molecule has 1 fully saturated rings. The van der Waals surface area contributed by atoms with Gasteiger partial charge in [0.05, 0.1) is 7.11 Å². The van der Waals surface area contributed by atoms with Crippen molar-refractivity contribution in [3.05, 3.63) is 31.6 Å².